The molecule has 0 aromatic carbocycles. The zero-order chi connectivity index (χ0) is 10.3. The summed E-state index contributed by atoms with van der Waals surface area (Å²) in [5, 5.41) is 9.18. The topological polar surface area (TPSA) is 37.3 Å². The Balaban J connectivity index is 3.14. The number of carboxylic acid groups (broad SMARTS) is 1. The monoisotopic (exact) mass is 246 g/mol. The average molecular weight is 247 g/mol. The predicted octanol–water partition coefficient (Wildman–Crippen LogP) is 3.18. The Morgan fingerprint density at radius 2 is 2.08 bits per heavy atom. The van der Waals surface area contributed by atoms with Gasteiger partial charge in [0.2, 0.25) is 0 Å². The van der Waals surface area contributed by atoms with Gasteiger partial charge in [-0.05, 0) is 24.8 Å². The van der Waals surface area contributed by atoms with Crippen LogP contribution in [0, 0.1) is 10.8 Å². The van der Waals surface area contributed by atoms with Crippen LogP contribution in [0.25, 0.3) is 0 Å². The molecule has 13 heavy (non-hydrogen) atoms. The fraction of sp³-hybridized carbons (Fsp3) is 0.700. The van der Waals surface area contributed by atoms with E-state index in [0.29, 0.717) is 0 Å². The van der Waals surface area contributed by atoms with Crippen LogP contribution in [0.15, 0.2) is 10.6 Å². The van der Waals surface area contributed by atoms with Gasteiger partial charge in [0.1, 0.15) is 0 Å². The molecule has 1 atom stereocenters. The van der Waals surface area contributed by atoms with E-state index >= 15 is 0 Å². The highest BCUT2D eigenvalue weighted by molar-refractivity contribution is 9.11. The van der Waals surface area contributed by atoms with E-state index in [0.717, 1.165) is 12.8 Å². The number of allylic oxidation sites excluding steroid dienone is 1. The molecule has 0 heterocycles. The molecule has 74 valence electrons. The Kier molecular flexibility index (Phi) is 2.59. The molecule has 1 N–H and O–H groups in total. The van der Waals surface area contributed by atoms with Crippen molar-refractivity contribution in [2.45, 2.75) is 33.6 Å². The van der Waals surface area contributed by atoms with E-state index in [1.165, 1.54) is 5.57 Å². The molecule has 0 radical (unpaired) electrons. The maximum absolute atomic E-state index is 11.2. The summed E-state index contributed by atoms with van der Waals surface area (Å²) in [5.74, 6) is -0.693. The lowest BCUT2D eigenvalue weighted by Gasteiger charge is -2.35. The fourth-order valence-electron chi connectivity index (χ4n) is 1.93. The molecule has 0 aromatic heterocycles. The number of rotatable bonds is 1. The highest BCUT2D eigenvalue weighted by Gasteiger charge is 2.53. The van der Waals surface area contributed by atoms with Crippen molar-refractivity contribution in [3.8, 4) is 0 Å². The molecule has 2 nitrogen and oxygen atoms in total. The zero-order valence-corrected chi connectivity index (χ0v) is 9.81. The van der Waals surface area contributed by atoms with Crippen LogP contribution >= 0.6 is 15.9 Å². The van der Waals surface area contributed by atoms with Crippen molar-refractivity contribution in [1.82, 2.24) is 0 Å². The first kappa shape index (κ1) is 10.8. The van der Waals surface area contributed by atoms with Crippen LogP contribution in [0.1, 0.15) is 33.6 Å². The van der Waals surface area contributed by atoms with E-state index in [1.807, 2.05) is 25.8 Å². The molecule has 0 saturated heterocycles. The summed E-state index contributed by atoms with van der Waals surface area (Å²) in [5.41, 5.74) is 0.326. The van der Waals surface area contributed by atoms with Gasteiger partial charge in [0.15, 0.2) is 0 Å². The third-order valence-electron chi connectivity index (χ3n) is 3.68. The van der Waals surface area contributed by atoms with Gasteiger partial charge in [-0.2, -0.15) is 0 Å². The first-order valence-corrected chi connectivity index (χ1v) is 5.31. The Morgan fingerprint density at radius 3 is 2.31 bits per heavy atom. The van der Waals surface area contributed by atoms with Gasteiger partial charge in [0, 0.05) is 5.41 Å². The lowest BCUT2D eigenvalue weighted by atomic mass is 9.68. The number of halogens is 1. The van der Waals surface area contributed by atoms with Gasteiger partial charge < -0.3 is 5.11 Å². The van der Waals surface area contributed by atoms with E-state index in [4.69, 9.17) is 0 Å². The molecule has 0 amide bonds. The van der Waals surface area contributed by atoms with E-state index < -0.39 is 11.4 Å². The van der Waals surface area contributed by atoms with Crippen LogP contribution in [0.3, 0.4) is 0 Å². The maximum Gasteiger partial charge on any atom is 0.310 e. The Bertz CT molecular complexity index is 268. The van der Waals surface area contributed by atoms with Crippen molar-refractivity contribution in [1.29, 1.82) is 0 Å². The second kappa shape index (κ2) is 3.12. The van der Waals surface area contributed by atoms with Crippen LogP contribution in [0.2, 0.25) is 0 Å². The molecular weight excluding hydrogens is 232 g/mol. The van der Waals surface area contributed by atoms with Crippen LogP contribution in [-0.2, 0) is 4.79 Å². The number of carbonyl (C=O) groups is 1. The third-order valence-corrected chi connectivity index (χ3v) is 4.23. The van der Waals surface area contributed by atoms with Crippen molar-refractivity contribution >= 4 is 21.9 Å². The summed E-state index contributed by atoms with van der Waals surface area (Å²) in [6.07, 6.45) is 1.60. The van der Waals surface area contributed by atoms with Crippen molar-refractivity contribution in [2.24, 2.45) is 10.8 Å². The molecule has 1 rings (SSSR count). The summed E-state index contributed by atoms with van der Waals surface area (Å²) in [4.78, 5) is 13.0. The Hall–Kier alpha value is -0.310. The summed E-state index contributed by atoms with van der Waals surface area (Å²) < 4.78 is 0. The lowest BCUT2D eigenvalue weighted by Crippen LogP contribution is -2.38. The van der Waals surface area contributed by atoms with E-state index in [2.05, 4.69) is 15.9 Å². The highest BCUT2D eigenvalue weighted by Crippen LogP contribution is 2.55. The largest absolute Gasteiger partial charge is 0.481 e. The smallest absolute Gasteiger partial charge is 0.310 e. The van der Waals surface area contributed by atoms with Gasteiger partial charge in [-0.25, -0.2) is 0 Å². The van der Waals surface area contributed by atoms with Crippen LogP contribution in [0.5, 0.6) is 0 Å². The maximum atomic E-state index is 11.2. The second-order valence-electron chi connectivity index (χ2n) is 4.40. The summed E-state index contributed by atoms with van der Waals surface area (Å²) in [6, 6.07) is 0. The standard InChI is InChI=1S/C10H15BrO2/c1-9(2)7(6-11)4-5-10(9,3)8(12)13/h6H,4-5H2,1-3H3,(H,12,13). The van der Waals surface area contributed by atoms with Crippen molar-refractivity contribution in [2.75, 3.05) is 0 Å². The first-order chi connectivity index (χ1) is 5.86. The minimum absolute atomic E-state index is 0.248. The predicted molar refractivity (Wildman–Crippen MR) is 55.8 cm³/mol. The first-order valence-electron chi connectivity index (χ1n) is 4.39. The minimum Gasteiger partial charge on any atom is -0.481 e. The molecule has 0 aliphatic heterocycles. The quantitative estimate of drug-likeness (QED) is 0.772. The van der Waals surface area contributed by atoms with Crippen molar-refractivity contribution in [3.05, 3.63) is 10.6 Å². The van der Waals surface area contributed by atoms with Crippen LogP contribution in [0.4, 0.5) is 0 Å². The average Bonchev–Trinajstić information content (AvgIpc) is 2.25. The molecule has 0 spiro atoms. The van der Waals surface area contributed by atoms with Crippen molar-refractivity contribution < 1.29 is 9.90 Å². The van der Waals surface area contributed by atoms with Crippen molar-refractivity contribution in [3.63, 3.8) is 0 Å². The van der Waals surface area contributed by atoms with Gasteiger partial charge >= 0.3 is 5.97 Å². The normalized spacial score (nSPS) is 35.2. The molecule has 0 bridgehead atoms. The number of aliphatic carboxylic acids is 1. The fourth-order valence-corrected chi connectivity index (χ4v) is 2.73. The van der Waals surface area contributed by atoms with Crippen LogP contribution in [-0.4, -0.2) is 11.1 Å². The molecule has 3 heteroatoms. The molecular formula is C10H15BrO2. The number of hydrogen-bond donors (Lipinski definition) is 1. The van der Waals surface area contributed by atoms with E-state index in [1.54, 1.807) is 0 Å². The summed E-state index contributed by atoms with van der Waals surface area (Å²) >= 11 is 3.30. The van der Waals surface area contributed by atoms with Gasteiger partial charge in [-0.15, -0.1) is 0 Å². The zero-order valence-electron chi connectivity index (χ0n) is 8.22. The molecule has 0 aromatic rings. The van der Waals surface area contributed by atoms with E-state index in [9.17, 15) is 9.90 Å². The molecule has 1 saturated carbocycles. The summed E-state index contributed by atoms with van der Waals surface area (Å²) in [6.45, 7) is 5.83. The molecule has 1 fully saturated rings. The number of hydrogen-bond acceptors (Lipinski definition) is 1. The van der Waals surface area contributed by atoms with Gasteiger partial charge in [-0.3, -0.25) is 4.79 Å². The Morgan fingerprint density at radius 1 is 1.54 bits per heavy atom. The second-order valence-corrected chi connectivity index (χ2v) is 4.85. The third kappa shape index (κ3) is 1.33. The van der Waals surface area contributed by atoms with Crippen LogP contribution < -0.4 is 0 Å². The summed E-state index contributed by atoms with van der Waals surface area (Å²) in [7, 11) is 0. The van der Waals surface area contributed by atoms with Gasteiger partial charge in [0.25, 0.3) is 0 Å². The molecule has 1 aliphatic rings. The minimum atomic E-state index is -0.693. The molecule has 1 unspecified atom stereocenters. The van der Waals surface area contributed by atoms with E-state index in [-0.39, 0.29) is 5.41 Å². The van der Waals surface area contributed by atoms with Gasteiger partial charge in [0.05, 0.1) is 5.41 Å². The highest BCUT2D eigenvalue weighted by atomic mass is 79.9. The van der Waals surface area contributed by atoms with Gasteiger partial charge in [-0.1, -0.05) is 35.4 Å². The number of carboxylic acids is 1. The SMILES string of the molecule is CC1(C)C(=CBr)CCC1(C)C(=O)O. The Labute approximate surface area is 87.2 Å². The molecule has 1 aliphatic carbocycles. The lowest BCUT2D eigenvalue weighted by molar-refractivity contribution is -0.152.